The molecule has 1 heterocycles. The molecule has 0 atom stereocenters. The monoisotopic (exact) mass is 271 g/mol. The van der Waals surface area contributed by atoms with Crippen molar-refractivity contribution in [1.82, 2.24) is 15.3 Å². The van der Waals surface area contributed by atoms with E-state index >= 15 is 0 Å². The van der Waals surface area contributed by atoms with Gasteiger partial charge < -0.3 is 10.1 Å². The lowest BCUT2D eigenvalue weighted by atomic mass is 10.1. The fourth-order valence-electron chi connectivity index (χ4n) is 1.73. The van der Waals surface area contributed by atoms with E-state index in [0.717, 1.165) is 22.6 Å². The molecule has 0 saturated carbocycles. The number of rotatable bonds is 5. The Bertz CT molecular complexity index is 564. The highest BCUT2D eigenvalue weighted by molar-refractivity contribution is 5.38. The third-order valence-electron chi connectivity index (χ3n) is 2.93. The minimum absolute atomic E-state index is 0.433. The van der Waals surface area contributed by atoms with Gasteiger partial charge in [-0.2, -0.15) is 0 Å². The molecule has 1 aromatic carbocycles. The van der Waals surface area contributed by atoms with Crippen LogP contribution < -0.4 is 10.1 Å². The van der Waals surface area contributed by atoms with Gasteiger partial charge in [-0.1, -0.05) is 26.0 Å². The molecule has 106 valence electrons. The number of nitrogens with one attached hydrogen (secondary N) is 1. The van der Waals surface area contributed by atoms with E-state index < -0.39 is 0 Å². The topological polar surface area (TPSA) is 47.0 Å². The lowest BCUT2D eigenvalue weighted by molar-refractivity contribution is 0.454. The van der Waals surface area contributed by atoms with Gasteiger partial charge in [0.05, 0.1) is 18.1 Å². The van der Waals surface area contributed by atoms with Crippen LogP contribution >= 0.6 is 0 Å². The summed E-state index contributed by atoms with van der Waals surface area (Å²) >= 11 is 0. The number of aromatic nitrogens is 2. The zero-order valence-electron chi connectivity index (χ0n) is 12.5. The van der Waals surface area contributed by atoms with Gasteiger partial charge in [0, 0.05) is 12.6 Å². The second-order valence-corrected chi connectivity index (χ2v) is 5.25. The normalized spacial score (nSPS) is 10.8. The molecule has 0 bridgehead atoms. The third kappa shape index (κ3) is 4.03. The van der Waals surface area contributed by atoms with E-state index in [9.17, 15) is 0 Å². The first-order chi connectivity index (χ1) is 9.54. The molecule has 0 radical (unpaired) electrons. The summed E-state index contributed by atoms with van der Waals surface area (Å²) in [6, 6.07) is 6.54. The Morgan fingerprint density at radius 2 is 1.95 bits per heavy atom. The molecule has 20 heavy (non-hydrogen) atoms. The number of hydrogen-bond acceptors (Lipinski definition) is 4. The fourth-order valence-corrected chi connectivity index (χ4v) is 1.73. The highest BCUT2D eigenvalue weighted by atomic mass is 16.5. The second-order valence-electron chi connectivity index (χ2n) is 5.25. The predicted octanol–water partition coefficient (Wildman–Crippen LogP) is 3.38. The summed E-state index contributed by atoms with van der Waals surface area (Å²) in [4.78, 5) is 8.65. The average Bonchev–Trinajstić information content (AvgIpc) is 2.42. The molecule has 0 fully saturated rings. The van der Waals surface area contributed by atoms with Gasteiger partial charge in [-0.3, -0.25) is 4.98 Å². The standard InChI is InChI=1S/C16H21N3O/c1-11(2)17-8-14-9-19-16(10-18-14)20-15-7-12(3)5-6-13(15)4/h5-7,9-11,17H,8H2,1-4H3. The van der Waals surface area contributed by atoms with Crippen molar-refractivity contribution in [2.45, 2.75) is 40.3 Å². The summed E-state index contributed by atoms with van der Waals surface area (Å²) < 4.78 is 5.78. The van der Waals surface area contributed by atoms with Crippen LogP contribution in [0, 0.1) is 13.8 Å². The van der Waals surface area contributed by atoms with Gasteiger partial charge in [-0.15, -0.1) is 0 Å². The van der Waals surface area contributed by atoms with E-state index in [1.165, 1.54) is 0 Å². The lowest BCUT2D eigenvalue weighted by Gasteiger charge is -2.10. The molecule has 0 aliphatic carbocycles. The number of aryl methyl sites for hydroxylation is 2. The summed E-state index contributed by atoms with van der Waals surface area (Å²) in [5.74, 6) is 1.35. The molecule has 0 unspecified atom stereocenters. The summed E-state index contributed by atoms with van der Waals surface area (Å²) in [5.41, 5.74) is 3.16. The maximum atomic E-state index is 5.78. The van der Waals surface area contributed by atoms with Crippen LogP contribution in [0.15, 0.2) is 30.6 Å². The number of hydrogen-bond donors (Lipinski definition) is 1. The number of ether oxygens (including phenoxy) is 1. The zero-order chi connectivity index (χ0) is 14.5. The maximum Gasteiger partial charge on any atom is 0.237 e. The largest absolute Gasteiger partial charge is 0.437 e. The van der Waals surface area contributed by atoms with Crippen molar-refractivity contribution in [3.8, 4) is 11.6 Å². The van der Waals surface area contributed by atoms with E-state index in [1.54, 1.807) is 12.4 Å². The minimum atomic E-state index is 0.433. The summed E-state index contributed by atoms with van der Waals surface area (Å²) in [7, 11) is 0. The quantitative estimate of drug-likeness (QED) is 0.905. The van der Waals surface area contributed by atoms with Gasteiger partial charge in [-0.05, 0) is 31.0 Å². The van der Waals surface area contributed by atoms with Crippen LogP contribution in [0.4, 0.5) is 0 Å². The van der Waals surface area contributed by atoms with E-state index in [2.05, 4.69) is 35.2 Å². The summed E-state index contributed by atoms with van der Waals surface area (Å²) in [6.45, 7) is 8.98. The van der Waals surface area contributed by atoms with Crippen LogP contribution in [0.5, 0.6) is 11.6 Å². The first-order valence-corrected chi connectivity index (χ1v) is 6.84. The van der Waals surface area contributed by atoms with Gasteiger partial charge in [0.1, 0.15) is 5.75 Å². The van der Waals surface area contributed by atoms with E-state index in [0.29, 0.717) is 18.5 Å². The van der Waals surface area contributed by atoms with Crippen LogP contribution in [-0.2, 0) is 6.54 Å². The molecule has 1 N–H and O–H groups in total. The van der Waals surface area contributed by atoms with Crippen LogP contribution in [0.3, 0.4) is 0 Å². The van der Waals surface area contributed by atoms with Crippen molar-refractivity contribution in [2.75, 3.05) is 0 Å². The van der Waals surface area contributed by atoms with Crippen molar-refractivity contribution in [1.29, 1.82) is 0 Å². The third-order valence-corrected chi connectivity index (χ3v) is 2.93. The Balaban J connectivity index is 2.05. The Hall–Kier alpha value is -1.94. The van der Waals surface area contributed by atoms with E-state index in [1.807, 2.05) is 26.0 Å². The summed E-state index contributed by atoms with van der Waals surface area (Å²) in [5, 5.41) is 3.30. The van der Waals surface area contributed by atoms with Gasteiger partial charge in [0.25, 0.3) is 0 Å². The Kier molecular flexibility index (Phi) is 4.69. The highest BCUT2D eigenvalue weighted by Gasteiger charge is 2.04. The van der Waals surface area contributed by atoms with Gasteiger partial charge in [0.2, 0.25) is 5.88 Å². The van der Waals surface area contributed by atoms with Crippen LogP contribution in [0.1, 0.15) is 30.7 Å². The second kappa shape index (κ2) is 6.48. The fraction of sp³-hybridized carbons (Fsp3) is 0.375. The molecule has 2 rings (SSSR count). The first-order valence-electron chi connectivity index (χ1n) is 6.84. The Labute approximate surface area is 120 Å². The Morgan fingerprint density at radius 1 is 1.15 bits per heavy atom. The smallest absolute Gasteiger partial charge is 0.237 e. The van der Waals surface area contributed by atoms with Crippen molar-refractivity contribution < 1.29 is 4.74 Å². The van der Waals surface area contributed by atoms with Gasteiger partial charge in [0.15, 0.2) is 0 Å². The predicted molar refractivity (Wildman–Crippen MR) is 80.0 cm³/mol. The molecule has 0 aliphatic rings. The van der Waals surface area contributed by atoms with Crippen molar-refractivity contribution >= 4 is 0 Å². The van der Waals surface area contributed by atoms with Gasteiger partial charge >= 0.3 is 0 Å². The van der Waals surface area contributed by atoms with Crippen LogP contribution in [0.25, 0.3) is 0 Å². The molecule has 0 saturated heterocycles. The van der Waals surface area contributed by atoms with Crippen molar-refractivity contribution in [2.24, 2.45) is 0 Å². The number of benzene rings is 1. The van der Waals surface area contributed by atoms with Crippen LogP contribution in [-0.4, -0.2) is 16.0 Å². The molecule has 4 heteroatoms. The SMILES string of the molecule is Cc1ccc(C)c(Oc2cnc(CNC(C)C)cn2)c1. The highest BCUT2D eigenvalue weighted by Crippen LogP contribution is 2.24. The lowest BCUT2D eigenvalue weighted by Crippen LogP contribution is -2.22. The molecule has 0 amide bonds. The molecule has 1 aromatic heterocycles. The van der Waals surface area contributed by atoms with E-state index in [4.69, 9.17) is 4.74 Å². The minimum Gasteiger partial charge on any atom is -0.437 e. The molecular formula is C16H21N3O. The first kappa shape index (κ1) is 14.5. The average molecular weight is 271 g/mol. The van der Waals surface area contributed by atoms with Gasteiger partial charge in [-0.25, -0.2) is 4.98 Å². The maximum absolute atomic E-state index is 5.78. The van der Waals surface area contributed by atoms with Crippen molar-refractivity contribution in [3.63, 3.8) is 0 Å². The molecular weight excluding hydrogens is 250 g/mol. The zero-order valence-corrected chi connectivity index (χ0v) is 12.5. The van der Waals surface area contributed by atoms with Crippen molar-refractivity contribution in [3.05, 3.63) is 47.4 Å². The van der Waals surface area contributed by atoms with Crippen LogP contribution in [0.2, 0.25) is 0 Å². The number of nitrogens with zero attached hydrogens (tertiary/aromatic N) is 2. The molecule has 4 nitrogen and oxygen atoms in total. The molecule has 2 aromatic rings. The van der Waals surface area contributed by atoms with E-state index in [-0.39, 0.29) is 0 Å². The molecule has 0 aliphatic heterocycles. The Morgan fingerprint density at radius 3 is 2.60 bits per heavy atom. The summed E-state index contributed by atoms with van der Waals surface area (Å²) in [6.07, 6.45) is 3.41. The molecule has 0 spiro atoms.